The second-order valence-electron chi connectivity index (χ2n) is 10.5. The molecule has 2 heterocycles. The molecule has 1 aromatic rings. The van der Waals surface area contributed by atoms with Crippen LogP contribution in [0, 0.1) is 23.7 Å². The average Bonchev–Trinajstić information content (AvgIpc) is 3.18. The number of esters is 2. The number of likely N-dealkylation sites (tertiary alicyclic amines) is 1. The van der Waals surface area contributed by atoms with Crippen LogP contribution in [0.4, 0.5) is 5.69 Å². The summed E-state index contributed by atoms with van der Waals surface area (Å²) in [6.07, 6.45) is 6.86. The van der Waals surface area contributed by atoms with Crippen LogP contribution in [0.5, 0.6) is 0 Å². The fourth-order valence-electron chi connectivity index (χ4n) is 6.86. The fourth-order valence-corrected chi connectivity index (χ4v) is 6.86. The zero-order valence-corrected chi connectivity index (χ0v) is 21.9. The summed E-state index contributed by atoms with van der Waals surface area (Å²) in [5.41, 5.74) is 0.627. The molecule has 6 nitrogen and oxygen atoms in total. The van der Waals surface area contributed by atoms with E-state index in [9.17, 15) is 9.59 Å². The Balaban J connectivity index is 0.00000324. The minimum atomic E-state index is -0.519. The third kappa shape index (κ3) is 4.94. The van der Waals surface area contributed by atoms with Crippen LogP contribution in [0.15, 0.2) is 30.3 Å². The van der Waals surface area contributed by atoms with Gasteiger partial charge in [-0.15, -0.1) is 12.4 Å². The minimum Gasteiger partial charge on any atom is -0.469 e. The molecule has 0 radical (unpaired) electrons. The number of carbonyl (C=O) groups is 2. The van der Waals surface area contributed by atoms with E-state index in [1.165, 1.54) is 39.9 Å². The van der Waals surface area contributed by atoms with Crippen LogP contribution in [-0.2, 0) is 19.1 Å². The van der Waals surface area contributed by atoms with Crippen LogP contribution in [0.1, 0.15) is 52.4 Å². The lowest BCUT2D eigenvalue weighted by atomic mass is 9.72. The van der Waals surface area contributed by atoms with E-state index in [2.05, 4.69) is 35.8 Å². The topological polar surface area (TPSA) is 59.1 Å². The van der Waals surface area contributed by atoms with Gasteiger partial charge in [0.05, 0.1) is 31.6 Å². The van der Waals surface area contributed by atoms with E-state index >= 15 is 0 Å². The van der Waals surface area contributed by atoms with Crippen LogP contribution in [0.2, 0.25) is 0 Å². The molecule has 4 rings (SSSR count). The van der Waals surface area contributed by atoms with Gasteiger partial charge in [-0.1, -0.05) is 32.0 Å². The third-order valence-corrected chi connectivity index (χ3v) is 8.79. The van der Waals surface area contributed by atoms with Crippen molar-refractivity contribution >= 4 is 30.0 Å². The van der Waals surface area contributed by atoms with E-state index in [4.69, 9.17) is 9.47 Å². The van der Waals surface area contributed by atoms with Crippen molar-refractivity contribution in [3.63, 3.8) is 0 Å². The first-order valence-electron chi connectivity index (χ1n) is 12.6. The smallest absolute Gasteiger partial charge is 0.312 e. The van der Waals surface area contributed by atoms with Gasteiger partial charge in [-0.2, -0.15) is 0 Å². The number of anilines is 1. The highest BCUT2D eigenvalue weighted by Gasteiger charge is 2.60. The molecule has 1 aromatic carbocycles. The molecule has 7 heteroatoms. The zero-order valence-electron chi connectivity index (χ0n) is 21.1. The summed E-state index contributed by atoms with van der Waals surface area (Å²) >= 11 is 0. The Morgan fingerprint density at radius 3 is 2.06 bits per heavy atom. The first kappa shape index (κ1) is 26.8. The largest absolute Gasteiger partial charge is 0.469 e. The molecule has 0 amide bonds. The highest BCUT2D eigenvalue weighted by Crippen LogP contribution is 2.49. The van der Waals surface area contributed by atoms with Crippen molar-refractivity contribution in [1.29, 1.82) is 0 Å². The molecule has 0 N–H and O–H groups in total. The molecule has 2 unspecified atom stereocenters. The Bertz CT molecular complexity index is 817. The number of hydrogen-bond donors (Lipinski definition) is 0. The second kappa shape index (κ2) is 11.3. The molecule has 190 valence electrons. The first-order valence-corrected chi connectivity index (χ1v) is 12.6. The molecule has 2 aliphatic heterocycles. The van der Waals surface area contributed by atoms with Gasteiger partial charge >= 0.3 is 11.9 Å². The van der Waals surface area contributed by atoms with Crippen molar-refractivity contribution in [3.8, 4) is 0 Å². The lowest BCUT2D eigenvalue weighted by Gasteiger charge is -2.50. The zero-order chi connectivity index (χ0) is 23.6. The number of methoxy groups -OCH3 is 2. The van der Waals surface area contributed by atoms with Gasteiger partial charge in [0, 0.05) is 31.4 Å². The summed E-state index contributed by atoms with van der Waals surface area (Å²) in [5, 5.41) is 0. The van der Waals surface area contributed by atoms with Crippen molar-refractivity contribution in [2.75, 3.05) is 38.8 Å². The van der Waals surface area contributed by atoms with Crippen molar-refractivity contribution in [1.82, 2.24) is 4.90 Å². The Labute approximate surface area is 210 Å². The Hall–Kier alpha value is -1.79. The van der Waals surface area contributed by atoms with Crippen LogP contribution < -0.4 is 4.90 Å². The number of carbonyl (C=O) groups excluding carboxylic acids is 2. The molecule has 2 atom stereocenters. The van der Waals surface area contributed by atoms with Gasteiger partial charge in [0.15, 0.2) is 0 Å². The Kier molecular flexibility index (Phi) is 8.91. The maximum atomic E-state index is 13.1. The average molecular weight is 493 g/mol. The summed E-state index contributed by atoms with van der Waals surface area (Å²) in [6.45, 7) is 7.07. The predicted molar refractivity (Wildman–Crippen MR) is 136 cm³/mol. The first-order chi connectivity index (χ1) is 15.9. The van der Waals surface area contributed by atoms with Gasteiger partial charge in [-0.05, 0) is 62.5 Å². The van der Waals surface area contributed by atoms with Crippen LogP contribution >= 0.6 is 12.4 Å². The van der Waals surface area contributed by atoms with Gasteiger partial charge in [-0.25, -0.2) is 0 Å². The molecule has 3 aliphatic rings. The summed E-state index contributed by atoms with van der Waals surface area (Å²) in [5.74, 6) is -0.0353. The van der Waals surface area contributed by atoms with E-state index in [1.54, 1.807) is 0 Å². The van der Waals surface area contributed by atoms with Crippen LogP contribution in [0.3, 0.4) is 0 Å². The number of ether oxygens (including phenoxy) is 2. The quantitative estimate of drug-likeness (QED) is 0.562. The van der Waals surface area contributed by atoms with E-state index in [-0.39, 0.29) is 24.3 Å². The molecular weight excluding hydrogens is 452 g/mol. The normalized spacial score (nSPS) is 29.0. The SMILES string of the molecule is COC(=O)C1CN(c2ccccc2)C2(CCN(C3CCC(C(C)C)CC3)CC2)C1C(=O)OC.Cl. The molecule has 1 aliphatic carbocycles. The molecule has 0 bridgehead atoms. The van der Waals surface area contributed by atoms with Crippen molar-refractivity contribution in [2.24, 2.45) is 23.7 Å². The Morgan fingerprint density at radius 1 is 0.941 bits per heavy atom. The maximum absolute atomic E-state index is 13.1. The van der Waals surface area contributed by atoms with Crippen molar-refractivity contribution in [2.45, 2.75) is 64.0 Å². The fraction of sp³-hybridized carbons (Fsp3) is 0.704. The molecule has 3 fully saturated rings. The number of rotatable bonds is 5. The van der Waals surface area contributed by atoms with Gasteiger partial charge in [0.25, 0.3) is 0 Å². The molecule has 1 spiro atoms. The molecular formula is C27H41ClN2O4. The number of para-hydroxylation sites is 1. The standard InChI is InChI=1S/C27H40N2O4.ClH/c1-19(2)20-10-12-21(13-11-20)28-16-14-27(15-17-28)24(26(31)33-4)23(25(30)32-3)18-29(27)22-8-6-5-7-9-22;/h5-9,19-21,23-24H,10-18H2,1-4H3;1H. The van der Waals surface area contributed by atoms with Gasteiger partial charge < -0.3 is 19.3 Å². The number of hydrogen-bond acceptors (Lipinski definition) is 6. The van der Waals surface area contributed by atoms with E-state index in [1.807, 2.05) is 18.2 Å². The second-order valence-corrected chi connectivity index (χ2v) is 10.5. The molecule has 0 aromatic heterocycles. The van der Waals surface area contributed by atoms with Gasteiger partial charge in [-0.3, -0.25) is 9.59 Å². The lowest BCUT2D eigenvalue weighted by Crippen LogP contribution is -2.59. The molecule has 1 saturated carbocycles. The van der Waals surface area contributed by atoms with Gasteiger partial charge in [0.1, 0.15) is 0 Å². The summed E-state index contributed by atoms with van der Waals surface area (Å²) < 4.78 is 10.4. The number of halogens is 1. The lowest BCUT2D eigenvalue weighted by molar-refractivity contribution is -0.158. The van der Waals surface area contributed by atoms with Crippen LogP contribution in [0.25, 0.3) is 0 Å². The monoisotopic (exact) mass is 492 g/mol. The highest BCUT2D eigenvalue weighted by atomic mass is 35.5. The third-order valence-electron chi connectivity index (χ3n) is 8.79. The van der Waals surface area contributed by atoms with Crippen molar-refractivity contribution < 1.29 is 19.1 Å². The Morgan fingerprint density at radius 2 is 1.53 bits per heavy atom. The molecule has 34 heavy (non-hydrogen) atoms. The summed E-state index contributed by atoms with van der Waals surface area (Å²) in [6, 6.07) is 10.8. The maximum Gasteiger partial charge on any atom is 0.312 e. The minimum absolute atomic E-state index is 0. The number of benzene rings is 1. The van der Waals surface area contributed by atoms with E-state index < -0.39 is 17.4 Å². The van der Waals surface area contributed by atoms with E-state index in [0.29, 0.717) is 12.6 Å². The predicted octanol–water partition coefficient (Wildman–Crippen LogP) is 4.56. The van der Waals surface area contributed by atoms with Crippen molar-refractivity contribution in [3.05, 3.63) is 30.3 Å². The molecule has 2 saturated heterocycles. The summed E-state index contributed by atoms with van der Waals surface area (Å²) in [7, 11) is 2.84. The van der Waals surface area contributed by atoms with Gasteiger partial charge in [0.2, 0.25) is 0 Å². The summed E-state index contributed by atoms with van der Waals surface area (Å²) in [4.78, 5) is 30.8. The number of piperidine rings is 1. The van der Waals surface area contributed by atoms with Crippen LogP contribution in [-0.4, -0.2) is 62.3 Å². The highest BCUT2D eigenvalue weighted by molar-refractivity contribution is 5.86. The number of nitrogens with zero attached hydrogens (tertiary/aromatic N) is 2. The van der Waals surface area contributed by atoms with E-state index in [0.717, 1.165) is 43.5 Å².